The van der Waals surface area contributed by atoms with Gasteiger partial charge in [0.2, 0.25) is 5.43 Å². The molecule has 0 fully saturated rings. The van der Waals surface area contributed by atoms with Gasteiger partial charge in [-0.25, -0.2) is 4.68 Å². The minimum Gasteiger partial charge on any atom is -0.494 e. The number of methoxy groups -OCH3 is 1. The molecule has 0 aliphatic rings. The van der Waals surface area contributed by atoms with Gasteiger partial charge in [0, 0.05) is 24.3 Å². The summed E-state index contributed by atoms with van der Waals surface area (Å²) in [5.41, 5.74) is 3.18. The first-order valence-corrected chi connectivity index (χ1v) is 7.40. The van der Waals surface area contributed by atoms with Crippen LogP contribution in [-0.2, 0) is 6.54 Å². The van der Waals surface area contributed by atoms with Gasteiger partial charge in [-0.1, -0.05) is 19.9 Å². The van der Waals surface area contributed by atoms with E-state index in [9.17, 15) is 4.79 Å². The normalized spacial score (nSPS) is 11.0. The summed E-state index contributed by atoms with van der Waals surface area (Å²) in [4.78, 5) is 12.1. The van der Waals surface area contributed by atoms with E-state index in [1.807, 2.05) is 45.9 Å². The van der Waals surface area contributed by atoms with Crippen molar-refractivity contribution >= 4 is 0 Å². The van der Waals surface area contributed by atoms with E-state index in [1.54, 1.807) is 17.9 Å². The van der Waals surface area contributed by atoms with Crippen LogP contribution in [-0.4, -0.2) is 22.9 Å². The van der Waals surface area contributed by atoms with Crippen LogP contribution in [0, 0.1) is 13.8 Å². The molecule has 0 spiro atoms. The maximum atomic E-state index is 12.1. The lowest BCUT2D eigenvalue weighted by Gasteiger charge is -2.15. The van der Waals surface area contributed by atoms with Crippen molar-refractivity contribution in [3.05, 3.63) is 51.4 Å². The first-order valence-electron chi connectivity index (χ1n) is 7.40. The molecule has 0 saturated heterocycles. The van der Waals surface area contributed by atoms with E-state index in [4.69, 9.17) is 4.74 Å². The van der Waals surface area contributed by atoms with Crippen LogP contribution in [0.25, 0.3) is 5.69 Å². The quantitative estimate of drug-likeness (QED) is 0.921. The molecule has 5 heteroatoms. The van der Waals surface area contributed by atoms with Gasteiger partial charge in [0.15, 0.2) is 0 Å². The highest BCUT2D eigenvalue weighted by atomic mass is 16.5. The molecule has 0 atom stereocenters. The summed E-state index contributed by atoms with van der Waals surface area (Å²) >= 11 is 0. The number of benzene rings is 1. The Morgan fingerprint density at radius 1 is 1.27 bits per heavy atom. The molecule has 1 aromatic heterocycles. The molecule has 0 amide bonds. The van der Waals surface area contributed by atoms with Gasteiger partial charge in [0.1, 0.15) is 17.1 Å². The van der Waals surface area contributed by atoms with Gasteiger partial charge in [-0.05, 0) is 31.5 Å². The summed E-state index contributed by atoms with van der Waals surface area (Å²) in [5, 5.41) is 7.76. The topological polar surface area (TPSA) is 56.1 Å². The average molecular weight is 301 g/mol. The SMILES string of the molecule is COc1ccc(C)cc1-n1nc(CNC(C)C)c(=O)cc1C. The zero-order valence-corrected chi connectivity index (χ0v) is 13.8. The molecule has 1 aromatic carbocycles. The second-order valence-corrected chi connectivity index (χ2v) is 5.72. The Balaban J connectivity index is 2.53. The Morgan fingerprint density at radius 3 is 2.64 bits per heavy atom. The van der Waals surface area contributed by atoms with Gasteiger partial charge in [0.05, 0.1) is 7.11 Å². The molecule has 2 rings (SSSR count). The molecular formula is C17H23N3O2. The lowest BCUT2D eigenvalue weighted by atomic mass is 10.2. The average Bonchev–Trinajstić information content (AvgIpc) is 2.46. The molecule has 118 valence electrons. The number of nitrogens with one attached hydrogen (secondary N) is 1. The first-order chi connectivity index (χ1) is 10.4. The summed E-state index contributed by atoms with van der Waals surface area (Å²) < 4.78 is 7.19. The first kappa shape index (κ1) is 16.2. The highest BCUT2D eigenvalue weighted by Gasteiger charge is 2.12. The summed E-state index contributed by atoms with van der Waals surface area (Å²) in [5.74, 6) is 0.729. The van der Waals surface area contributed by atoms with Crippen molar-refractivity contribution < 1.29 is 4.74 Å². The van der Waals surface area contributed by atoms with E-state index >= 15 is 0 Å². The van der Waals surface area contributed by atoms with Crippen molar-refractivity contribution in [2.45, 2.75) is 40.3 Å². The second-order valence-electron chi connectivity index (χ2n) is 5.72. The number of rotatable bonds is 5. The van der Waals surface area contributed by atoms with Crippen LogP contribution in [0.2, 0.25) is 0 Å². The van der Waals surface area contributed by atoms with E-state index in [0.717, 1.165) is 22.7 Å². The van der Waals surface area contributed by atoms with Crippen LogP contribution >= 0.6 is 0 Å². The summed E-state index contributed by atoms with van der Waals surface area (Å²) in [6, 6.07) is 7.82. The highest BCUT2D eigenvalue weighted by Crippen LogP contribution is 2.24. The molecule has 0 bridgehead atoms. The Hall–Kier alpha value is -2.14. The van der Waals surface area contributed by atoms with Crippen LogP contribution in [0.1, 0.15) is 30.8 Å². The van der Waals surface area contributed by atoms with Gasteiger partial charge in [-0.3, -0.25) is 4.79 Å². The number of ether oxygens (including phenoxy) is 1. The zero-order chi connectivity index (χ0) is 16.3. The van der Waals surface area contributed by atoms with E-state index in [1.165, 1.54) is 0 Å². The Kier molecular flexibility index (Phi) is 4.98. The van der Waals surface area contributed by atoms with Crippen LogP contribution in [0.5, 0.6) is 5.75 Å². The van der Waals surface area contributed by atoms with Crippen LogP contribution < -0.4 is 15.5 Å². The Morgan fingerprint density at radius 2 is 2.00 bits per heavy atom. The highest BCUT2D eigenvalue weighted by molar-refractivity contribution is 5.49. The molecule has 22 heavy (non-hydrogen) atoms. The van der Waals surface area contributed by atoms with Crippen LogP contribution in [0.3, 0.4) is 0 Å². The number of aryl methyl sites for hydroxylation is 2. The molecule has 2 aromatic rings. The number of aromatic nitrogens is 2. The largest absolute Gasteiger partial charge is 0.494 e. The second kappa shape index (κ2) is 6.75. The molecule has 1 N–H and O–H groups in total. The van der Waals surface area contributed by atoms with Crippen LogP contribution in [0.4, 0.5) is 0 Å². The Bertz CT molecular complexity index is 720. The fraction of sp³-hybridized carbons (Fsp3) is 0.412. The smallest absolute Gasteiger partial charge is 0.204 e. The number of hydrogen-bond donors (Lipinski definition) is 1. The standard InChI is InChI=1S/C17H23N3O2/c1-11(2)18-10-14-16(21)9-13(4)20(19-14)15-8-12(3)6-7-17(15)22-5/h6-9,11,18H,10H2,1-5H3. The van der Waals surface area contributed by atoms with E-state index in [0.29, 0.717) is 18.3 Å². The number of hydrogen-bond acceptors (Lipinski definition) is 4. The van der Waals surface area contributed by atoms with Gasteiger partial charge in [0.25, 0.3) is 0 Å². The van der Waals surface area contributed by atoms with Gasteiger partial charge < -0.3 is 10.1 Å². The number of nitrogens with zero attached hydrogens (tertiary/aromatic N) is 2. The summed E-state index contributed by atoms with van der Waals surface area (Å²) in [6.45, 7) is 8.41. The third-order valence-corrected chi connectivity index (χ3v) is 3.42. The van der Waals surface area contributed by atoms with E-state index < -0.39 is 0 Å². The van der Waals surface area contributed by atoms with Crippen molar-refractivity contribution in [1.29, 1.82) is 0 Å². The van der Waals surface area contributed by atoms with Gasteiger partial charge in [-0.15, -0.1) is 0 Å². The zero-order valence-electron chi connectivity index (χ0n) is 13.8. The minimum atomic E-state index is -0.0477. The fourth-order valence-electron chi connectivity index (χ4n) is 2.22. The molecule has 0 unspecified atom stereocenters. The third-order valence-electron chi connectivity index (χ3n) is 3.42. The maximum absolute atomic E-state index is 12.1. The maximum Gasteiger partial charge on any atom is 0.204 e. The van der Waals surface area contributed by atoms with E-state index in [-0.39, 0.29) is 5.43 Å². The minimum absolute atomic E-state index is 0.0477. The van der Waals surface area contributed by atoms with Crippen molar-refractivity contribution in [3.63, 3.8) is 0 Å². The molecule has 0 aliphatic carbocycles. The third kappa shape index (κ3) is 3.54. The molecule has 1 heterocycles. The molecular weight excluding hydrogens is 278 g/mol. The van der Waals surface area contributed by atoms with Crippen LogP contribution in [0.15, 0.2) is 29.1 Å². The lowest BCUT2D eigenvalue weighted by molar-refractivity contribution is 0.410. The predicted octanol–water partition coefficient (Wildman–Crippen LogP) is 2.36. The molecule has 5 nitrogen and oxygen atoms in total. The van der Waals surface area contributed by atoms with E-state index in [2.05, 4.69) is 10.4 Å². The Labute approximate surface area is 130 Å². The van der Waals surface area contributed by atoms with Gasteiger partial charge in [-0.2, -0.15) is 5.10 Å². The molecule has 0 aliphatic heterocycles. The lowest BCUT2D eigenvalue weighted by Crippen LogP contribution is -2.28. The van der Waals surface area contributed by atoms with Crippen molar-refractivity contribution in [2.24, 2.45) is 0 Å². The van der Waals surface area contributed by atoms with Crippen molar-refractivity contribution in [3.8, 4) is 11.4 Å². The van der Waals surface area contributed by atoms with Crippen molar-refractivity contribution in [1.82, 2.24) is 15.1 Å². The van der Waals surface area contributed by atoms with Gasteiger partial charge >= 0.3 is 0 Å². The predicted molar refractivity (Wildman–Crippen MR) is 87.8 cm³/mol. The fourth-order valence-corrected chi connectivity index (χ4v) is 2.22. The monoisotopic (exact) mass is 301 g/mol. The summed E-state index contributed by atoms with van der Waals surface area (Å²) in [7, 11) is 1.63. The van der Waals surface area contributed by atoms with Crippen molar-refractivity contribution in [2.75, 3.05) is 7.11 Å². The summed E-state index contributed by atoms with van der Waals surface area (Å²) in [6.07, 6.45) is 0. The molecule has 0 radical (unpaired) electrons. The molecule has 0 saturated carbocycles.